The van der Waals surface area contributed by atoms with E-state index in [0.29, 0.717) is 5.69 Å². The molecule has 2 aromatic carbocycles. The molecule has 4 aromatic rings. The molecule has 2 aromatic heterocycles. The van der Waals surface area contributed by atoms with Crippen LogP contribution >= 0.6 is 0 Å². The van der Waals surface area contributed by atoms with E-state index in [4.69, 9.17) is 0 Å². The molecule has 0 aliphatic carbocycles. The molecule has 2 heterocycles. The lowest BCUT2D eigenvalue weighted by Crippen LogP contribution is -2.34. The van der Waals surface area contributed by atoms with Crippen LogP contribution in [0.2, 0.25) is 0 Å². The number of carbonyl (C=O) groups is 2. The van der Waals surface area contributed by atoms with Crippen LogP contribution in [0.3, 0.4) is 0 Å². The summed E-state index contributed by atoms with van der Waals surface area (Å²) in [7, 11) is 0. The summed E-state index contributed by atoms with van der Waals surface area (Å²) in [6.45, 7) is 0.363. The van der Waals surface area contributed by atoms with Gasteiger partial charge in [-0.2, -0.15) is 5.10 Å². The van der Waals surface area contributed by atoms with Crippen LogP contribution < -0.4 is 10.6 Å². The fourth-order valence-electron chi connectivity index (χ4n) is 3.28. The maximum Gasteiger partial charge on any atom is 0.254 e. The minimum absolute atomic E-state index is 0.0351. The normalized spacial score (nSPS) is 10.9. The molecule has 0 fully saturated rings. The second-order valence-electron chi connectivity index (χ2n) is 7.31. The van der Waals surface area contributed by atoms with Crippen molar-refractivity contribution in [1.29, 1.82) is 0 Å². The van der Waals surface area contributed by atoms with Gasteiger partial charge in [0, 0.05) is 48.9 Å². The first-order valence-electron chi connectivity index (χ1n) is 10.7. The molecule has 2 amide bonds. The number of pyridine rings is 1. The standard InChI is InChI=1S/C26H22FN5O2/c27-23-11-5-4-10-22(23)26(34)30-16-15-29-24(33)13-12-20-18-32(21-8-2-1-3-9-21)31-25(20)19-7-6-14-28-17-19/h1-14,17-18H,15-16H2,(H,29,33)(H,30,34). The van der Waals surface area contributed by atoms with E-state index in [2.05, 4.69) is 20.7 Å². The third kappa shape index (κ3) is 5.60. The maximum absolute atomic E-state index is 13.7. The minimum Gasteiger partial charge on any atom is -0.351 e. The number of carbonyl (C=O) groups excluding carboxylic acids is 2. The fourth-order valence-corrected chi connectivity index (χ4v) is 3.28. The van der Waals surface area contributed by atoms with Crippen LogP contribution in [0.5, 0.6) is 0 Å². The Kier molecular flexibility index (Phi) is 7.19. The van der Waals surface area contributed by atoms with E-state index in [0.717, 1.165) is 16.8 Å². The molecular formula is C26H22FN5O2. The largest absolute Gasteiger partial charge is 0.351 e. The highest BCUT2D eigenvalue weighted by Crippen LogP contribution is 2.24. The molecule has 0 saturated heterocycles. The summed E-state index contributed by atoms with van der Waals surface area (Å²) < 4.78 is 15.4. The second kappa shape index (κ2) is 10.8. The molecule has 0 radical (unpaired) electrons. The van der Waals surface area contributed by atoms with Crippen LogP contribution in [-0.4, -0.2) is 39.7 Å². The Labute approximate surface area is 196 Å². The van der Waals surface area contributed by atoms with Crippen LogP contribution in [0, 0.1) is 5.82 Å². The lowest BCUT2D eigenvalue weighted by Gasteiger charge is -2.06. The number of rotatable bonds is 8. The van der Waals surface area contributed by atoms with Gasteiger partial charge in [0.15, 0.2) is 0 Å². The molecule has 4 rings (SSSR count). The van der Waals surface area contributed by atoms with Gasteiger partial charge in [-0.25, -0.2) is 9.07 Å². The number of halogens is 1. The van der Waals surface area contributed by atoms with Crippen molar-refractivity contribution in [2.24, 2.45) is 0 Å². The van der Waals surface area contributed by atoms with Gasteiger partial charge in [0.25, 0.3) is 5.91 Å². The van der Waals surface area contributed by atoms with E-state index in [-0.39, 0.29) is 24.6 Å². The van der Waals surface area contributed by atoms with Crippen molar-refractivity contribution in [3.05, 3.63) is 108 Å². The molecule has 0 atom stereocenters. The van der Waals surface area contributed by atoms with Crippen LogP contribution in [-0.2, 0) is 4.79 Å². The second-order valence-corrected chi connectivity index (χ2v) is 7.31. The number of nitrogens with zero attached hydrogens (tertiary/aromatic N) is 3. The molecule has 0 aliphatic heterocycles. The number of aromatic nitrogens is 3. The number of para-hydroxylation sites is 1. The Hall–Kier alpha value is -4.59. The van der Waals surface area contributed by atoms with Crippen molar-refractivity contribution in [3.8, 4) is 16.9 Å². The lowest BCUT2D eigenvalue weighted by atomic mass is 10.1. The van der Waals surface area contributed by atoms with E-state index in [9.17, 15) is 14.0 Å². The summed E-state index contributed by atoms with van der Waals surface area (Å²) in [6, 6.07) is 19.1. The third-order valence-corrected chi connectivity index (χ3v) is 4.94. The fraction of sp³-hybridized carbons (Fsp3) is 0.0769. The molecule has 2 N–H and O–H groups in total. The van der Waals surface area contributed by atoms with Gasteiger partial charge in [-0.1, -0.05) is 30.3 Å². The summed E-state index contributed by atoms with van der Waals surface area (Å²) >= 11 is 0. The zero-order valence-electron chi connectivity index (χ0n) is 18.2. The zero-order valence-corrected chi connectivity index (χ0v) is 18.2. The quantitative estimate of drug-likeness (QED) is 0.314. The molecule has 34 heavy (non-hydrogen) atoms. The number of benzene rings is 2. The summed E-state index contributed by atoms with van der Waals surface area (Å²) in [5.41, 5.74) is 3.13. The number of nitrogens with one attached hydrogen (secondary N) is 2. The highest BCUT2D eigenvalue weighted by Gasteiger charge is 2.12. The molecule has 0 saturated carbocycles. The zero-order chi connectivity index (χ0) is 23.8. The third-order valence-electron chi connectivity index (χ3n) is 4.94. The van der Waals surface area contributed by atoms with Gasteiger partial charge in [0.1, 0.15) is 11.5 Å². The summed E-state index contributed by atoms with van der Waals surface area (Å²) in [5.74, 6) is -1.45. The molecular weight excluding hydrogens is 433 g/mol. The van der Waals surface area contributed by atoms with Gasteiger partial charge in [0.05, 0.1) is 11.3 Å². The van der Waals surface area contributed by atoms with Crippen LogP contribution in [0.1, 0.15) is 15.9 Å². The van der Waals surface area contributed by atoms with Crippen LogP contribution in [0.4, 0.5) is 4.39 Å². The van der Waals surface area contributed by atoms with Crippen molar-refractivity contribution < 1.29 is 14.0 Å². The highest BCUT2D eigenvalue weighted by molar-refractivity contribution is 5.95. The molecule has 8 heteroatoms. The predicted molar refractivity (Wildman–Crippen MR) is 128 cm³/mol. The van der Waals surface area contributed by atoms with Gasteiger partial charge >= 0.3 is 0 Å². The van der Waals surface area contributed by atoms with Gasteiger partial charge in [0.2, 0.25) is 5.91 Å². The Balaban J connectivity index is 1.39. The van der Waals surface area contributed by atoms with E-state index >= 15 is 0 Å². The summed E-state index contributed by atoms with van der Waals surface area (Å²) in [4.78, 5) is 28.5. The maximum atomic E-state index is 13.7. The molecule has 0 unspecified atom stereocenters. The predicted octanol–water partition coefficient (Wildman–Crippen LogP) is 3.63. The lowest BCUT2D eigenvalue weighted by molar-refractivity contribution is -0.116. The van der Waals surface area contributed by atoms with E-state index in [1.807, 2.05) is 48.7 Å². The molecule has 170 valence electrons. The van der Waals surface area contributed by atoms with E-state index in [1.54, 1.807) is 29.2 Å². The van der Waals surface area contributed by atoms with Gasteiger partial charge in [-0.15, -0.1) is 0 Å². The number of hydrogen-bond acceptors (Lipinski definition) is 4. The van der Waals surface area contributed by atoms with Crippen molar-refractivity contribution in [3.63, 3.8) is 0 Å². The first-order chi connectivity index (χ1) is 16.6. The van der Waals surface area contributed by atoms with Gasteiger partial charge < -0.3 is 10.6 Å². The SMILES string of the molecule is O=C(C=Cc1cn(-c2ccccc2)nc1-c1cccnc1)NCCNC(=O)c1ccccc1F. The van der Waals surface area contributed by atoms with E-state index in [1.165, 1.54) is 24.3 Å². The molecule has 7 nitrogen and oxygen atoms in total. The average Bonchev–Trinajstić information content (AvgIpc) is 3.31. The Morgan fingerprint density at radius 3 is 2.47 bits per heavy atom. The molecule has 0 bridgehead atoms. The highest BCUT2D eigenvalue weighted by atomic mass is 19.1. The van der Waals surface area contributed by atoms with Gasteiger partial charge in [-0.3, -0.25) is 14.6 Å². The monoisotopic (exact) mass is 455 g/mol. The minimum atomic E-state index is -0.590. The van der Waals surface area contributed by atoms with Crippen molar-refractivity contribution >= 4 is 17.9 Å². The van der Waals surface area contributed by atoms with Crippen LogP contribution in [0.15, 0.2) is 91.4 Å². The van der Waals surface area contributed by atoms with Crippen molar-refractivity contribution in [2.45, 2.75) is 0 Å². The van der Waals surface area contributed by atoms with Crippen LogP contribution in [0.25, 0.3) is 23.0 Å². The Bertz CT molecular complexity index is 1300. The average molecular weight is 455 g/mol. The number of amides is 2. The van der Waals surface area contributed by atoms with Crippen molar-refractivity contribution in [2.75, 3.05) is 13.1 Å². The first kappa shape index (κ1) is 22.6. The smallest absolute Gasteiger partial charge is 0.254 e. The first-order valence-corrected chi connectivity index (χ1v) is 10.7. The topological polar surface area (TPSA) is 88.9 Å². The van der Waals surface area contributed by atoms with Gasteiger partial charge in [-0.05, 0) is 42.5 Å². The molecule has 0 spiro atoms. The summed E-state index contributed by atoms with van der Waals surface area (Å²) in [5, 5.41) is 9.96. The summed E-state index contributed by atoms with van der Waals surface area (Å²) in [6.07, 6.45) is 8.34. The van der Waals surface area contributed by atoms with E-state index < -0.39 is 11.7 Å². The molecule has 0 aliphatic rings. The van der Waals surface area contributed by atoms with Crippen molar-refractivity contribution in [1.82, 2.24) is 25.4 Å². The number of hydrogen-bond donors (Lipinski definition) is 2. The Morgan fingerprint density at radius 1 is 0.941 bits per heavy atom. The Morgan fingerprint density at radius 2 is 1.71 bits per heavy atom.